The molecule has 182 valence electrons. The van der Waals surface area contributed by atoms with E-state index in [2.05, 4.69) is 15.2 Å². The molecule has 0 bridgehead atoms. The number of thioether (sulfide) groups is 1. The fourth-order valence-electron chi connectivity index (χ4n) is 4.16. The van der Waals surface area contributed by atoms with Crippen LogP contribution in [0, 0.1) is 5.92 Å². The van der Waals surface area contributed by atoms with E-state index in [1.54, 1.807) is 6.20 Å². The number of amides is 1. The molecule has 1 N–H and O–H groups in total. The van der Waals surface area contributed by atoms with Crippen LogP contribution in [0.5, 0.6) is 5.88 Å². The first-order valence-electron chi connectivity index (χ1n) is 12.2. The van der Waals surface area contributed by atoms with Crippen LogP contribution in [-0.4, -0.2) is 66.1 Å². The summed E-state index contributed by atoms with van der Waals surface area (Å²) in [6.07, 6.45) is 13.6. The molecule has 2 heterocycles. The number of likely N-dealkylation sites (tertiary alicyclic amines) is 1. The van der Waals surface area contributed by atoms with Crippen molar-refractivity contribution in [3.05, 3.63) is 36.0 Å². The molecule has 8 heteroatoms. The Morgan fingerprint density at radius 3 is 2.79 bits per heavy atom. The number of aromatic nitrogens is 1. The Bertz CT molecular complexity index is 762. The van der Waals surface area contributed by atoms with Gasteiger partial charge in [0.2, 0.25) is 11.8 Å². The van der Waals surface area contributed by atoms with Gasteiger partial charge in [0, 0.05) is 31.1 Å². The lowest BCUT2D eigenvalue weighted by Crippen LogP contribution is -2.29. The average molecular weight is 476 g/mol. The minimum Gasteiger partial charge on any atom is -0.473 e. The Morgan fingerprint density at radius 1 is 1.15 bits per heavy atom. The molecule has 0 atom stereocenters. The van der Waals surface area contributed by atoms with Gasteiger partial charge in [-0.2, -0.15) is 0 Å². The average Bonchev–Trinajstić information content (AvgIpc) is 3.37. The van der Waals surface area contributed by atoms with Crippen LogP contribution in [-0.2, 0) is 20.9 Å². The summed E-state index contributed by atoms with van der Waals surface area (Å²) in [6, 6.07) is 4.05. The highest BCUT2D eigenvalue weighted by Gasteiger charge is 2.23. The molecule has 2 fully saturated rings. The van der Waals surface area contributed by atoms with Crippen molar-refractivity contribution < 1.29 is 19.1 Å². The van der Waals surface area contributed by atoms with Gasteiger partial charge in [0.1, 0.15) is 13.2 Å². The molecule has 2 aliphatic rings. The molecule has 1 aromatic heterocycles. The lowest BCUT2D eigenvalue weighted by molar-refractivity contribution is -0.147. The van der Waals surface area contributed by atoms with Crippen molar-refractivity contribution in [3.8, 4) is 5.88 Å². The number of carbonyl (C=O) groups is 2. The molecule has 1 amide bonds. The first-order valence-corrected chi connectivity index (χ1v) is 13.3. The lowest BCUT2D eigenvalue weighted by atomic mass is 10.1. The number of hydrogen-bond donors (Lipinski definition) is 1. The fourth-order valence-corrected chi connectivity index (χ4v) is 4.79. The van der Waals surface area contributed by atoms with E-state index >= 15 is 0 Å². The predicted molar refractivity (Wildman–Crippen MR) is 131 cm³/mol. The molecule has 1 saturated carbocycles. The van der Waals surface area contributed by atoms with Gasteiger partial charge in [0.25, 0.3) is 0 Å². The smallest absolute Gasteiger partial charge is 0.308 e. The lowest BCUT2D eigenvalue weighted by Gasteiger charge is -2.26. The van der Waals surface area contributed by atoms with Crippen molar-refractivity contribution in [2.45, 2.75) is 51.5 Å². The van der Waals surface area contributed by atoms with E-state index in [1.807, 2.05) is 24.3 Å². The highest BCUT2D eigenvalue weighted by atomic mass is 32.2. The fraction of sp³-hybridized carbons (Fsp3) is 0.640. The third kappa shape index (κ3) is 10.2. The standard InChI is InChI=1S/C25H37N3O4S/c29-23(20-33-17-16-32-25(30)22-8-2-3-9-22)26-11-4-7-15-31-24-18-21(10-12-27-24)19-28-13-5-1-6-14-28/h4,7,10,12,18,22H,1-3,5-6,8-9,11,13-17,19-20H2,(H,26,29). The third-order valence-corrected chi connectivity index (χ3v) is 6.88. The minimum absolute atomic E-state index is 0.0280. The number of pyridine rings is 1. The van der Waals surface area contributed by atoms with Gasteiger partial charge in [0.05, 0.1) is 11.7 Å². The maximum absolute atomic E-state index is 11.9. The summed E-state index contributed by atoms with van der Waals surface area (Å²) < 4.78 is 11.0. The van der Waals surface area contributed by atoms with Crippen molar-refractivity contribution in [1.29, 1.82) is 0 Å². The van der Waals surface area contributed by atoms with Crippen LogP contribution in [0.4, 0.5) is 0 Å². The van der Waals surface area contributed by atoms with E-state index in [-0.39, 0.29) is 17.8 Å². The summed E-state index contributed by atoms with van der Waals surface area (Å²) >= 11 is 1.48. The highest BCUT2D eigenvalue weighted by Crippen LogP contribution is 2.25. The van der Waals surface area contributed by atoms with Gasteiger partial charge in [0.15, 0.2) is 0 Å². The number of piperidine rings is 1. The second-order valence-electron chi connectivity index (χ2n) is 8.63. The molecule has 0 aromatic carbocycles. The van der Waals surface area contributed by atoms with E-state index in [0.29, 0.717) is 37.1 Å². The van der Waals surface area contributed by atoms with E-state index < -0.39 is 0 Å². The van der Waals surface area contributed by atoms with Crippen LogP contribution >= 0.6 is 11.8 Å². The van der Waals surface area contributed by atoms with Crippen LogP contribution < -0.4 is 10.1 Å². The van der Waals surface area contributed by atoms with Gasteiger partial charge < -0.3 is 14.8 Å². The summed E-state index contributed by atoms with van der Waals surface area (Å²) in [5.41, 5.74) is 1.23. The van der Waals surface area contributed by atoms with E-state index in [0.717, 1.165) is 32.2 Å². The summed E-state index contributed by atoms with van der Waals surface area (Å²) in [4.78, 5) is 30.5. The maximum Gasteiger partial charge on any atom is 0.308 e. The minimum atomic E-state index is -0.0752. The number of nitrogens with zero attached hydrogens (tertiary/aromatic N) is 2. The summed E-state index contributed by atoms with van der Waals surface area (Å²) in [5.74, 6) is 1.61. The Hall–Kier alpha value is -2.06. The van der Waals surface area contributed by atoms with Gasteiger partial charge in [-0.05, 0) is 56.5 Å². The van der Waals surface area contributed by atoms with Crippen LogP contribution in [0.2, 0.25) is 0 Å². The molecule has 33 heavy (non-hydrogen) atoms. The normalized spacial score (nSPS) is 17.3. The van der Waals surface area contributed by atoms with Crippen LogP contribution in [0.3, 0.4) is 0 Å². The zero-order chi connectivity index (χ0) is 23.1. The van der Waals surface area contributed by atoms with Gasteiger partial charge in [-0.1, -0.05) is 25.3 Å². The number of hydrogen-bond acceptors (Lipinski definition) is 7. The van der Waals surface area contributed by atoms with Crippen molar-refractivity contribution in [1.82, 2.24) is 15.2 Å². The van der Waals surface area contributed by atoms with E-state index in [1.165, 1.54) is 49.7 Å². The second-order valence-corrected chi connectivity index (χ2v) is 9.73. The number of rotatable bonds is 13. The molecule has 7 nitrogen and oxygen atoms in total. The maximum atomic E-state index is 11.9. The van der Waals surface area contributed by atoms with Crippen molar-refractivity contribution in [2.75, 3.05) is 44.4 Å². The van der Waals surface area contributed by atoms with Gasteiger partial charge in [-0.25, -0.2) is 4.98 Å². The highest BCUT2D eigenvalue weighted by molar-refractivity contribution is 7.99. The number of nitrogens with one attached hydrogen (secondary N) is 1. The summed E-state index contributed by atoms with van der Waals surface area (Å²) in [7, 11) is 0. The van der Waals surface area contributed by atoms with E-state index in [4.69, 9.17) is 9.47 Å². The molecular weight excluding hydrogens is 438 g/mol. The van der Waals surface area contributed by atoms with Crippen LogP contribution in [0.15, 0.2) is 30.5 Å². The Balaban J connectivity index is 1.20. The topological polar surface area (TPSA) is 80.8 Å². The summed E-state index contributed by atoms with van der Waals surface area (Å²) in [6.45, 7) is 4.53. The largest absolute Gasteiger partial charge is 0.473 e. The Morgan fingerprint density at radius 2 is 1.97 bits per heavy atom. The zero-order valence-electron chi connectivity index (χ0n) is 19.5. The molecule has 3 rings (SSSR count). The predicted octanol–water partition coefficient (Wildman–Crippen LogP) is 3.59. The molecule has 1 aliphatic carbocycles. The molecular formula is C25H37N3O4S. The first kappa shape index (κ1) is 25.6. The molecule has 1 saturated heterocycles. The van der Waals surface area contributed by atoms with Crippen molar-refractivity contribution in [3.63, 3.8) is 0 Å². The molecule has 0 radical (unpaired) electrons. The zero-order valence-corrected chi connectivity index (χ0v) is 20.3. The van der Waals surface area contributed by atoms with Crippen LogP contribution in [0.1, 0.15) is 50.5 Å². The number of ether oxygens (including phenoxy) is 2. The van der Waals surface area contributed by atoms with E-state index in [9.17, 15) is 9.59 Å². The van der Waals surface area contributed by atoms with Crippen LogP contribution in [0.25, 0.3) is 0 Å². The number of carbonyl (C=O) groups excluding carboxylic acids is 2. The van der Waals surface area contributed by atoms with Gasteiger partial charge >= 0.3 is 5.97 Å². The van der Waals surface area contributed by atoms with Gasteiger partial charge in [-0.3, -0.25) is 14.5 Å². The molecule has 1 aliphatic heterocycles. The third-order valence-electron chi connectivity index (χ3n) is 5.96. The number of esters is 1. The Labute approximate surface area is 201 Å². The van der Waals surface area contributed by atoms with Gasteiger partial charge in [-0.15, -0.1) is 11.8 Å². The summed E-state index contributed by atoms with van der Waals surface area (Å²) in [5, 5.41) is 2.85. The molecule has 0 unspecified atom stereocenters. The van der Waals surface area contributed by atoms with Crippen molar-refractivity contribution >= 4 is 23.6 Å². The monoisotopic (exact) mass is 475 g/mol. The molecule has 0 spiro atoms. The van der Waals surface area contributed by atoms with Crippen molar-refractivity contribution in [2.24, 2.45) is 5.92 Å². The first-order chi connectivity index (χ1) is 16.2. The SMILES string of the molecule is O=C(CSCCOC(=O)C1CCCC1)NCC=CCOc1cc(CN2CCCCC2)ccn1. The Kier molecular flexibility index (Phi) is 11.6. The molecule has 1 aromatic rings. The second kappa shape index (κ2) is 15.0. The quantitative estimate of drug-likeness (QED) is 0.265.